The summed E-state index contributed by atoms with van der Waals surface area (Å²) in [5.74, 6) is 0.704. The van der Waals surface area contributed by atoms with E-state index in [9.17, 15) is 5.11 Å². The zero-order chi connectivity index (χ0) is 8.10. The van der Waals surface area contributed by atoms with Crippen LogP contribution >= 0.6 is 11.6 Å². The molecule has 1 heterocycles. The summed E-state index contributed by atoms with van der Waals surface area (Å²) in [6, 6.07) is 0. The van der Waals surface area contributed by atoms with Crippen molar-refractivity contribution < 1.29 is 5.11 Å². The van der Waals surface area contributed by atoms with Crippen molar-refractivity contribution in [1.82, 2.24) is 4.90 Å². The van der Waals surface area contributed by atoms with Crippen LogP contribution in [0.15, 0.2) is 0 Å². The molecule has 1 unspecified atom stereocenters. The van der Waals surface area contributed by atoms with E-state index < -0.39 is 0 Å². The Kier molecular flexibility index (Phi) is 4.20. The summed E-state index contributed by atoms with van der Waals surface area (Å²) in [5, 5.41) is 9.32. The quantitative estimate of drug-likeness (QED) is 0.638. The number of aliphatic hydroxyl groups excluding tert-OH is 1. The molecule has 66 valence electrons. The SMILES string of the molecule is OC1CCCN(CCCl)CC1. The van der Waals surface area contributed by atoms with Crippen LogP contribution in [0.25, 0.3) is 0 Å². The van der Waals surface area contributed by atoms with Crippen LogP contribution < -0.4 is 0 Å². The average Bonchev–Trinajstić information content (AvgIpc) is 2.17. The number of likely N-dealkylation sites (tertiary alicyclic amines) is 1. The maximum Gasteiger partial charge on any atom is 0.0553 e. The van der Waals surface area contributed by atoms with Gasteiger partial charge in [-0.2, -0.15) is 0 Å². The molecular formula is C8H16ClNO. The summed E-state index contributed by atoms with van der Waals surface area (Å²) < 4.78 is 0. The van der Waals surface area contributed by atoms with Gasteiger partial charge in [-0.1, -0.05) is 0 Å². The summed E-state index contributed by atoms with van der Waals surface area (Å²) in [6.07, 6.45) is 2.91. The molecule has 0 aromatic rings. The van der Waals surface area contributed by atoms with Gasteiger partial charge in [-0.3, -0.25) is 0 Å². The fraction of sp³-hybridized carbons (Fsp3) is 1.00. The van der Waals surface area contributed by atoms with Crippen LogP contribution in [0.2, 0.25) is 0 Å². The summed E-state index contributed by atoms with van der Waals surface area (Å²) in [4.78, 5) is 2.32. The Morgan fingerprint density at radius 2 is 2.18 bits per heavy atom. The molecular weight excluding hydrogens is 162 g/mol. The Balaban J connectivity index is 2.22. The Labute approximate surface area is 73.1 Å². The topological polar surface area (TPSA) is 23.5 Å². The van der Waals surface area contributed by atoms with E-state index in [1.165, 1.54) is 0 Å². The van der Waals surface area contributed by atoms with Crippen LogP contribution in [-0.2, 0) is 0 Å². The van der Waals surface area contributed by atoms with E-state index in [-0.39, 0.29) is 6.10 Å². The lowest BCUT2D eigenvalue weighted by molar-refractivity contribution is 0.156. The van der Waals surface area contributed by atoms with Crippen molar-refractivity contribution >= 4 is 11.6 Å². The second-order valence-electron chi connectivity index (χ2n) is 3.12. The van der Waals surface area contributed by atoms with Gasteiger partial charge in [-0.15, -0.1) is 11.6 Å². The molecule has 0 radical (unpaired) electrons. The molecule has 1 aliphatic heterocycles. The molecule has 1 fully saturated rings. The van der Waals surface area contributed by atoms with Crippen molar-refractivity contribution in [2.45, 2.75) is 25.4 Å². The van der Waals surface area contributed by atoms with Gasteiger partial charge in [-0.05, 0) is 25.8 Å². The van der Waals surface area contributed by atoms with Crippen LogP contribution in [0.5, 0.6) is 0 Å². The maximum atomic E-state index is 9.32. The molecule has 11 heavy (non-hydrogen) atoms. The lowest BCUT2D eigenvalue weighted by atomic mass is 10.2. The van der Waals surface area contributed by atoms with Crippen molar-refractivity contribution in [3.63, 3.8) is 0 Å². The molecule has 2 nitrogen and oxygen atoms in total. The molecule has 3 heteroatoms. The van der Waals surface area contributed by atoms with E-state index in [1.54, 1.807) is 0 Å². The Bertz CT molecular complexity index is 110. The molecule has 0 saturated carbocycles. The lowest BCUT2D eigenvalue weighted by Gasteiger charge is -2.17. The van der Waals surface area contributed by atoms with Gasteiger partial charge in [0.1, 0.15) is 0 Å². The predicted molar refractivity (Wildman–Crippen MR) is 47.0 cm³/mol. The van der Waals surface area contributed by atoms with Crippen LogP contribution in [-0.4, -0.2) is 41.6 Å². The fourth-order valence-corrected chi connectivity index (χ4v) is 1.72. The first-order chi connectivity index (χ1) is 5.33. The molecule has 0 aromatic carbocycles. The number of aliphatic hydroxyl groups is 1. The van der Waals surface area contributed by atoms with Gasteiger partial charge in [0.25, 0.3) is 0 Å². The van der Waals surface area contributed by atoms with Crippen LogP contribution in [0.4, 0.5) is 0 Å². The minimum Gasteiger partial charge on any atom is -0.393 e. The minimum atomic E-state index is -0.0738. The zero-order valence-electron chi connectivity index (χ0n) is 6.80. The van der Waals surface area contributed by atoms with Crippen LogP contribution in [0.3, 0.4) is 0 Å². The molecule has 1 rings (SSSR count). The van der Waals surface area contributed by atoms with Gasteiger partial charge < -0.3 is 10.0 Å². The number of rotatable bonds is 2. The monoisotopic (exact) mass is 177 g/mol. The highest BCUT2D eigenvalue weighted by Crippen LogP contribution is 2.10. The molecule has 0 amide bonds. The largest absolute Gasteiger partial charge is 0.393 e. The lowest BCUT2D eigenvalue weighted by Crippen LogP contribution is -2.27. The first kappa shape index (κ1) is 9.30. The number of hydrogen-bond acceptors (Lipinski definition) is 2. The first-order valence-corrected chi connectivity index (χ1v) is 4.83. The molecule has 1 atom stereocenters. The highest BCUT2D eigenvalue weighted by Gasteiger charge is 2.13. The zero-order valence-corrected chi connectivity index (χ0v) is 7.56. The van der Waals surface area contributed by atoms with Gasteiger partial charge in [0.2, 0.25) is 0 Å². The Hall–Kier alpha value is 0.210. The van der Waals surface area contributed by atoms with Crippen LogP contribution in [0.1, 0.15) is 19.3 Å². The molecule has 0 aliphatic carbocycles. The van der Waals surface area contributed by atoms with E-state index in [0.717, 1.165) is 38.9 Å². The molecule has 0 bridgehead atoms. The maximum absolute atomic E-state index is 9.32. The van der Waals surface area contributed by atoms with Gasteiger partial charge in [0.05, 0.1) is 6.10 Å². The highest BCUT2D eigenvalue weighted by atomic mass is 35.5. The summed E-state index contributed by atoms with van der Waals surface area (Å²) in [7, 11) is 0. The van der Waals surface area contributed by atoms with E-state index in [1.807, 2.05) is 0 Å². The summed E-state index contributed by atoms with van der Waals surface area (Å²) in [6.45, 7) is 3.08. The smallest absolute Gasteiger partial charge is 0.0553 e. The Morgan fingerprint density at radius 3 is 2.91 bits per heavy atom. The first-order valence-electron chi connectivity index (χ1n) is 4.29. The molecule has 1 N–H and O–H groups in total. The van der Waals surface area contributed by atoms with Gasteiger partial charge >= 0.3 is 0 Å². The fourth-order valence-electron chi connectivity index (χ4n) is 1.48. The van der Waals surface area contributed by atoms with E-state index in [2.05, 4.69) is 4.90 Å². The Morgan fingerprint density at radius 1 is 1.36 bits per heavy atom. The number of alkyl halides is 1. The van der Waals surface area contributed by atoms with Crippen molar-refractivity contribution in [3.05, 3.63) is 0 Å². The van der Waals surface area contributed by atoms with E-state index in [4.69, 9.17) is 11.6 Å². The van der Waals surface area contributed by atoms with Crippen molar-refractivity contribution in [3.8, 4) is 0 Å². The van der Waals surface area contributed by atoms with Crippen molar-refractivity contribution in [2.24, 2.45) is 0 Å². The van der Waals surface area contributed by atoms with Gasteiger partial charge in [0.15, 0.2) is 0 Å². The number of hydrogen-bond donors (Lipinski definition) is 1. The molecule has 1 saturated heterocycles. The molecule has 0 spiro atoms. The van der Waals surface area contributed by atoms with E-state index in [0.29, 0.717) is 5.88 Å². The number of halogens is 1. The third-order valence-corrected chi connectivity index (χ3v) is 2.36. The summed E-state index contributed by atoms with van der Waals surface area (Å²) >= 11 is 5.62. The molecule has 1 aliphatic rings. The predicted octanol–water partition coefficient (Wildman–Crippen LogP) is 1.07. The van der Waals surface area contributed by atoms with E-state index >= 15 is 0 Å². The third-order valence-electron chi connectivity index (χ3n) is 2.19. The third kappa shape index (κ3) is 3.41. The summed E-state index contributed by atoms with van der Waals surface area (Å²) in [5.41, 5.74) is 0. The van der Waals surface area contributed by atoms with Crippen molar-refractivity contribution in [1.29, 1.82) is 0 Å². The number of nitrogens with zero attached hydrogens (tertiary/aromatic N) is 1. The second-order valence-corrected chi connectivity index (χ2v) is 3.49. The van der Waals surface area contributed by atoms with Gasteiger partial charge in [-0.25, -0.2) is 0 Å². The minimum absolute atomic E-state index is 0.0738. The highest BCUT2D eigenvalue weighted by molar-refractivity contribution is 6.18. The van der Waals surface area contributed by atoms with Gasteiger partial charge in [0, 0.05) is 19.0 Å². The average molecular weight is 178 g/mol. The van der Waals surface area contributed by atoms with Crippen LogP contribution in [0, 0.1) is 0 Å². The van der Waals surface area contributed by atoms with Crippen molar-refractivity contribution in [2.75, 3.05) is 25.5 Å². The molecule has 0 aromatic heterocycles. The second kappa shape index (κ2) is 4.96. The standard InChI is InChI=1S/C8H16ClNO/c9-4-7-10-5-1-2-8(11)3-6-10/h8,11H,1-7H2. The normalized spacial score (nSPS) is 28.4.